The van der Waals surface area contributed by atoms with Gasteiger partial charge in [0, 0.05) is 29.5 Å². The Hall–Kier alpha value is -2.69. The van der Waals surface area contributed by atoms with Gasteiger partial charge in [0.25, 0.3) is 0 Å². The number of rotatable bonds is 6. The van der Waals surface area contributed by atoms with Crippen LogP contribution in [0.15, 0.2) is 57.9 Å². The molecule has 0 unspecified atom stereocenters. The van der Waals surface area contributed by atoms with Crippen molar-refractivity contribution in [2.45, 2.75) is 24.8 Å². The number of nitrogens with zero attached hydrogens (tertiary/aromatic N) is 3. The van der Waals surface area contributed by atoms with Gasteiger partial charge in [-0.1, -0.05) is 15.9 Å². The second-order valence-corrected chi connectivity index (χ2v) is 9.81. The number of hydrogen-bond donors (Lipinski definition) is 1. The molecule has 31 heavy (non-hydrogen) atoms. The molecule has 3 aromatic rings. The topological polar surface area (TPSA) is 102 Å². The van der Waals surface area contributed by atoms with Gasteiger partial charge in [-0.25, -0.2) is 17.9 Å². The minimum atomic E-state index is -3.80. The van der Waals surface area contributed by atoms with Gasteiger partial charge in [-0.05, 0) is 55.5 Å². The van der Waals surface area contributed by atoms with E-state index in [9.17, 15) is 18.3 Å². The molecule has 0 atom stereocenters. The second kappa shape index (κ2) is 8.45. The Labute approximate surface area is 188 Å². The van der Waals surface area contributed by atoms with Crippen molar-refractivity contribution in [2.75, 3.05) is 13.2 Å². The van der Waals surface area contributed by atoms with Gasteiger partial charge in [-0.3, -0.25) is 0 Å². The first-order valence-electron chi connectivity index (χ1n) is 9.64. The molecule has 0 spiro atoms. The van der Waals surface area contributed by atoms with Crippen molar-refractivity contribution in [1.29, 1.82) is 0 Å². The summed E-state index contributed by atoms with van der Waals surface area (Å²) in [5, 5.41) is 13.9. The lowest BCUT2D eigenvalue weighted by atomic mass is 10.1. The van der Waals surface area contributed by atoms with Crippen LogP contribution in [0.5, 0.6) is 5.75 Å². The zero-order chi connectivity index (χ0) is 22.2. The molecule has 0 saturated carbocycles. The van der Waals surface area contributed by atoms with Crippen LogP contribution in [0.4, 0.5) is 0 Å². The fraction of sp³-hybridized carbons (Fsp3) is 0.238. The molecule has 0 radical (unpaired) electrons. The lowest BCUT2D eigenvalue weighted by Crippen LogP contribution is -2.36. The molecule has 8 nitrogen and oxygen atoms in total. The average Bonchev–Trinajstić information content (AvgIpc) is 3.14. The first-order chi connectivity index (χ1) is 14.8. The number of halogens is 1. The van der Waals surface area contributed by atoms with Crippen LogP contribution >= 0.6 is 15.9 Å². The van der Waals surface area contributed by atoms with E-state index in [1.807, 2.05) is 31.2 Å². The van der Waals surface area contributed by atoms with Crippen molar-refractivity contribution in [2.24, 2.45) is 0 Å². The molecule has 0 aliphatic carbocycles. The highest BCUT2D eigenvalue weighted by Gasteiger charge is 2.34. The summed E-state index contributed by atoms with van der Waals surface area (Å²) in [6.45, 7) is 2.51. The third-order valence-corrected chi connectivity index (χ3v) is 7.46. The summed E-state index contributed by atoms with van der Waals surface area (Å²) in [5.41, 5.74) is 1.70. The van der Waals surface area contributed by atoms with E-state index in [-0.39, 0.29) is 23.7 Å². The predicted octanol–water partition coefficient (Wildman–Crippen LogP) is 3.48. The number of aromatic carboxylic acids is 1. The largest absolute Gasteiger partial charge is 0.494 e. The smallest absolute Gasteiger partial charge is 0.356 e. The zero-order valence-electron chi connectivity index (χ0n) is 16.7. The van der Waals surface area contributed by atoms with Crippen LogP contribution < -0.4 is 4.74 Å². The van der Waals surface area contributed by atoms with Gasteiger partial charge in [0.15, 0.2) is 5.69 Å². The zero-order valence-corrected chi connectivity index (χ0v) is 19.1. The molecule has 2 heterocycles. The van der Waals surface area contributed by atoms with Gasteiger partial charge in [0.05, 0.1) is 22.9 Å². The fourth-order valence-electron chi connectivity index (χ4n) is 3.59. The summed E-state index contributed by atoms with van der Waals surface area (Å²) in [7, 11) is -3.80. The van der Waals surface area contributed by atoms with Gasteiger partial charge in [0.2, 0.25) is 10.0 Å². The number of hydrogen-bond acceptors (Lipinski definition) is 5. The Balaban J connectivity index is 1.69. The van der Waals surface area contributed by atoms with E-state index >= 15 is 0 Å². The Morgan fingerprint density at radius 3 is 2.45 bits per heavy atom. The quantitative estimate of drug-likeness (QED) is 0.550. The molecule has 0 bridgehead atoms. The highest BCUT2D eigenvalue weighted by molar-refractivity contribution is 9.10. The standard InChI is InChI=1S/C21H20BrN3O5S/c1-2-30-16-7-9-17(10-8-16)31(28,29)24-12-11-19-18(13-24)20(21(26)27)23-25(19)15-5-3-14(22)4-6-15/h3-10H,2,11-13H2,1H3,(H,26,27). The normalized spacial score (nSPS) is 14.3. The van der Waals surface area contributed by atoms with Crippen molar-refractivity contribution in [1.82, 2.24) is 14.1 Å². The number of carboxylic acids is 1. The van der Waals surface area contributed by atoms with Gasteiger partial charge in [-0.15, -0.1) is 0 Å². The van der Waals surface area contributed by atoms with Crippen molar-refractivity contribution < 1.29 is 23.1 Å². The molecule has 10 heteroatoms. The van der Waals surface area contributed by atoms with Gasteiger partial charge >= 0.3 is 5.97 Å². The molecule has 0 saturated heterocycles. The lowest BCUT2D eigenvalue weighted by Gasteiger charge is -2.27. The molecule has 1 aromatic heterocycles. The maximum absolute atomic E-state index is 13.2. The number of ether oxygens (including phenoxy) is 1. The summed E-state index contributed by atoms with van der Waals surface area (Å²) in [4.78, 5) is 12.0. The highest BCUT2D eigenvalue weighted by Crippen LogP contribution is 2.30. The van der Waals surface area contributed by atoms with Crippen LogP contribution in [0.1, 0.15) is 28.7 Å². The van der Waals surface area contributed by atoms with E-state index in [0.717, 1.165) is 10.2 Å². The fourth-order valence-corrected chi connectivity index (χ4v) is 5.26. The number of benzene rings is 2. The molecular weight excluding hydrogens is 486 g/mol. The van der Waals surface area contributed by atoms with E-state index < -0.39 is 16.0 Å². The Kier molecular flexibility index (Phi) is 5.87. The number of carbonyl (C=O) groups is 1. The monoisotopic (exact) mass is 505 g/mol. The second-order valence-electron chi connectivity index (χ2n) is 6.96. The predicted molar refractivity (Wildman–Crippen MR) is 117 cm³/mol. The van der Waals surface area contributed by atoms with Crippen LogP contribution in [-0.2, 0) is 23.0 Å². The molecule has 4 rings (SSSR count). The molecule has 1 aliphatic rings. The van der Waals surface area contributed by atoms with Gasteiger partial charge in [-0.2, -0.15) is 9.40 Å². The molecule has 2 aromatic carbocycles. The van der Waals surface area contributed by atoms with E-state index in [2.05, 4.69) is 21.0 Å². The molecule has 0 fully saturated rings. The van der Waals surface area contributed by atoms with Crippen molar-refractivity contribution >= 4 is 31.9 Å². The van der Waals surface area contributed by atoms with Crippen LogP contribution in [0.25, 0.3) is 5.69 Å². The van der Waals surface area contributed by atoms with Crippen LogP contribution in [0, 0.1) is 0 Å². The Morgan fingerprint density at radius 2 is 1.84 bits per heavy atom. The molecule has 1 N–H and O–H groups in total. The first kappa shape index (κ1) is 21.5. The molecule has 1 aliphatic heterocycles. The Bertz CT molecular complexity index is 1220. The van der Waals surface area contributed by atoms with E-state index in [4.69, 9.17) is 4.74 Å². The summed E-state index contributed by atoms with van der Waals surface area (Å²) in [5.74, 6) is -0.598. The lowest BCUT2D eigenvalue weighted by molar-refractivity contribution is 0.0688. The number of aromatic nitrogens is 2. The van der Waals surface area contributed by atoms with Crippen molar-refractivity contribution in [3.8, 4) is 11.4 Å². The maximum atomic E-state index is 13.2. The Morgan fingerprint density at radius 1 is 1.16 bits per heavy atom. The summed E-state index contributed by atoms with van der Waals surface area (Å²) in [6, 6.07) is 13.6. The number of fused-ring (bicyclic) bond motifs is 1. The molecule has 162 valence electrons. The third-order valence-electron chi connectivity index (χ3n) is 5.07. The summed E-state index contributed by atoms with van der Waals surface area (Å²) < 4.78 is 35.5. The van der Waals surface area contributed by atoms with Crippen molar-refractivity contribution in [3.05, 3.63) is 70.0 Å². The summed E-state index contributed by atoms with van der Waals surface area (Å²) in [6.07, 6.45) is 0.349. The maximum Gasteiger partial charge on any atom is 0.356 e. The van der Waals surface area contributed by atoms with Crippen molar-refractivity contribution in [3.63, 3.8) is 0 Å². The highest BCUT2D eigenvalue weighted by atomic mass is 79.9. The minimum Gasteiger partial charge on any atom is -0.494 e. The summed E-state index contributed by atoms with van der Waals surface area (Å²) >= 11 is 3.38. The van der Waals surface area contributed by atoms with Crippen LogP contribution in [0.3, 0.4) is 0 Å². The minimum absolute atomic E-state index is 0.0525. The average molecular weight is 506 g/mol. The number of carboxylic acid groups (broad SMARTS) is 1. The van der Waals surface area contributed by atoms with Gasteiger partial charge < -0.3 is 9.84 Å². The van der Waals surface area contributed by atoms with Crippen LogP contribution in [0.2, 0.25) is 0 Å². The SMILES string of the molecule is CCOc1ccc(S(=O)(=O)N2CCc3c(c(C(=O)O)nn3-c3ccc(Br)cc3)C2)cc1. The first-order valence-corrected chi connectivity index (χ1v) is 11.9. The number of sulfonamides is 1. The van der Waals surface area contributed by atoms with E-state index in [0.29, 0.717) is 30.0 Å². The van der Waals surface area contributed by atoms with Crippen LogP contribution in [-0.4, -0.2) is 46.7 Å². The third kappa shape index (κ3) is 4.10. The van der Waals surface area contributed by atoms with E-state index in [1.165, 1.54) is 16.4 Å². The molecule has 0 amide bonds. The van der Waals surface area contributed by atoms with E-state index in [1.54, 1.807) is 16.8 Å². The van der Waals surface area contributed by atoms with Gasteiger partial charge in [0.1, 0.15) is 5.75 Å². The molecular formula is C21H20BrN3O5S.